The fourth-order valence-electron chi connectivity index (χ4n) is 4.13. The first-order valence-electron chi connectivity index (χ1n) is 10.6. The molecule has 0 atom stereocenters. The number of carbonyl (C=O) groups is 1. The molecule has 0 heterocycles. The van der Waals surface area contributed by atoms with Crippen molar-refractivity contribution in [3.05, 3.63) is 75.3 Å². The zero-order valence-corrected chi connectivity index (χ0v) is 17.1. The molecular weight excluding hydrogens is 364 g/mol. The largest absolute Gasteiger partial charge is 0.316 e. The van der Waals surface area contributed by atoms with Gasteiger partial charge in [0, 0.05) is 24.1 Å². The Morgan fingerprint density at radius 1 is 1.03 bits per heavy atom. The van der Waals surface area contributed by atoms with Crippen LogP contribution in [0.1, 0.15) is 65.9 Å². The molecule has 5 heteroatoms. The van der Waals surface area contributed by atoms with Crippen LogP contribution in [-0.2, 0) is 0 Å². The molecule has 0 bridgehead atoms. The van der Waals surface area contributed by atoms with Gasteiger partial charge in [-0.05, 0) is 69.5 Å². The Hall–Kier alpha value is -2.53. The molecular formula is C24H30N2O3. The molecule has 0 spiro atoms. The molecule has 0 saturated heterocycles. The van der Waals surface area contributed by atoms with Crippen molar-refractivity contribution < 1.29 is 9.72 Å². The molecule has 5 nitrogen and oxygen atoms in total. The van der Waals surface area contributed by atoms with Crippen LogP contribution in [0.5, 0.6) is 0 Å². The number of nitro groups is 1. The van der Waals surface area contributed by atoms with Gasteiger partial charge in [-0.3, -0.25) is 14.9 Å². The number of ketones is 1. The molecule has 0 amide bonds. The van der Waals surface area contributed by atoms with Gasteiger partial charge in [-0.2, -0.15) is 0 Å². The summed E-state index contributed by atoms with van der Waals surface area (Å²) in [4.78, 5) is 22.6. The summed E-state index contributed by atoms with van der Waals surface area (Å²) in [5, 5.41) is 14.3. The number of nitrogens with zero attached hydrogens (tertiary/aromatic N) is 1. The first-order chi connectivity index (χ1) is 14.0. The van der Waals surface area contributed by atoms with Gasteiger partial charge >= 0.3 is 0 Å². The molecule has 0 unspecified atom stereocenters. The smallest absolute Gasteiger partial charge is 0.269 e. The van der Waals surface area contributed by atoms with Gasteiger partial charge in [0.05, 0.1) is 4.92 Å². The van der Waals surface area contributed by atoms with Gasteiger partial charge in [0.1, 0.15) is 0 Å². The molecule has 1 aliphatic carbocycles. The third-order valence-corrected chi connectivity index (χ3v) is 5.99. The zero-order valence-electron chi connectivity index (χ0n) is 17.1. The van der Waals surface area contributed by atoms with E-state index in [1.807, 2.05) is 43.3 Å². The highest BCUT2D eigenvalue weighted by Crippen LogP contribution is 2.36. The Kier molecular flexibility index (Phi) is 7.53. The minimum atomic E-state index is -0.347. The van der Waals surface area contributed by atoms with Crippen LogP contribution < -0.4 is 5.32 Å². The summed E-state index contributed by atoms with van der Waals surface area (Å²) >= 11 is 0. The molecule has 29 heavy (non-hydrogen) atoms. The summed E-state index contributed by atoms with van der Waals surface area (Å²) in [7, 11) is 0. The van der Waals surface area contributed by atoms with Crippen molar-refractivity contribution >= 4 is 11.5 Å². The number of aryl methyl sites for hydroxylation is 1. The van der Waals surface area contributed by atoms with E-state index in [0.29, 0.717) is 18.3 Å². The molecule has 3 rings (SSSR count). The lowest BCUT2D eigenvalue weighted by molar-refractivity contribution is -0.384. The van der Waals surface area contributed by atoms with Gasteiger partial charge in [-0.1, -0.05) is 42.0 Å². The van der Waals surface area contributed by atoms with Crippen molar-refractivity contribution in [2.75, 3.05) is 13.1 Å². The first-order valence-corrected chi connectivity index (χ1v) is 10.6. The summed E-state index contributed by atoms with van der Waals surface area (Å²) in [5.74, 6) is 1.41. The second kappa shape index (κ2) is 10.3. The van der Waals surface area contributed by atoms with Gasteiger partial charge in [-0.15, -0.1) is 0 Å². The zero-order chi connectivity index (χ0) is 20.6. The van der Waals surface area contributed by atoms with E-state index in [1.165, 1.54) is 24.0 Å². The number of nitro benzene ring substituents is 1. The molecule has 1 aliphatic rings. The molecule has 0 aliphatic heterocycles. The minimum Gasteiger partial charge on any atom is -0.316 e. The Morgan fingerprint density at radius 2 is 1.69 bits per heavy atom. The normalized spacial score (nSPS) is 19.1. The van der Waals surface area contributed by atoms with Gasteiger partial charge in [-0.25, -0.2) is 0 Å². The molecule has 0 aromatic heterocycles. The summed E-state index contributed by atoms with van der Waals surface area (Å²) in [6.45, 7) is 3.91. The second-order valence-corrected chi connectivity index (χ2v) is 8.16. The highest BCUT2D eigenvalue weighted by molar-refractivity contribution is 5.96. The monoisotopic (exact) mass is 394 g/mol. The van der Waals surface area contributed by atoms with Crippen LogP contribution in [0.15, 0.2) is 48.5 Å². The number of hydrogen-bond acceptors (Lipinski definition) is 4. The van der Waals surface area contributed by atoms with Crippen molar-refractivity contribution in [3.8, 4) is 0 Å². The van der Waals surface area contributed by atoms with E-state index in [2.05, 4.69) is 5.32 Å². The fraction of sp³-hybridized carbons (Fsp3) is 0.458. The summed E-state index contributed by atoms with van der Waals surface area (Å²) in [6.07, 6.45) is 6.08. The lowest BCUT2D eigenvalue weighted by atomic mass is 9.78. The maximum absolute atomic E-state index is 12.2. The van der Waals surface area contributed by atoms with Crippen LogP contribution in [0.3, 0.4) is 0 Å². The Bertz CT molecular complexity index is 807. The van der Waals surface area contributed by atoms with E-state index in [9.17, 15) is 14.9 Å². The second-order valence-electron chi connectivity index (χ2n) is 8.16. The van der Waals surface area contributed by atoms with Gasteiger partial charge < -0.3 is 5.32 Å². The van der Waals surface area contributed by atoms with Crippen molar-refractivity contribution in [2.45, 2.75) is 51.4 Å². The van der Waals surface area contributed by atoms with Crippen molar-refractivity contribution in [2.24, 2.45) is 5.92 Å². The molecule has 0 radical (unpaired) electrons. The average Bonchev–Trinajstić information content (AvgIpc) is 2.74. The minimum absolute atomic E-state index is 0.160. The van der Waals surface area contributed by atoms with Crippen LogP contribution in [0.2, 0.25) is 0 Å². The van der Waals surface area contributed by atoms with Crippen molar-refractivity contribution in [3.63, 3.8) is 0 Å². The summed E-state index contributed by atoms with van der Waals surface area (Å²) in [5.41, 5.74) is 3.36. The quantitative estimate of drug-likeness (QED) is 0.266. The van der Waals surface area contributed by atoms with Crippen LogP contribution >= 0.6 is 0 Å². The first kappa shape index (κ1) is 21.2. The Labute approximate surface area is 172 Å². The molecule has 2 aromatic carbocycles. The highest BCUT2D eigenvalue weighted by Gasteiger charge is 2.22. The maximum Gasteiger partial charge on any atom is 0.269 e. The van der Waals surface area contributed by atoms with Crippen LogP contribution in [0.25, 0.3) is 0 Å². The van der Waals surface area contributed by atoms with E-state index >= 15 is 0 Å². The van der Waals surface area contributed by atoms with Crippen molar-refractivity contribution in [1.29, 1.82) is 0 Å². The molecule has 1 saturated carbocycles. The molecule has 1 fully saturated rings. The number of benzene rings is 2. The van der Waals surface area contributed by atoms with E-state index in [-0.39, 0.29) is 16.4 Å². The Balaban J connectivity index is 1.31. The number of non-ortho nitro benzene ring substituents is 1. The number of carbonyl (C=O) groups excluding carboxylic acids is 1. The predicted molar refractivity (Wildman–Crippen MR) is 115 cm³/mol. The number of hydrogen-bond donors (Lipinski definition) is 1. The SMILES string of the molecule is Cc1ccc(C(=O)CCCNCC2CCC(c3ccc([N+](=O)[O-])cc3)CC2)cc1. The predicted octanol–water partition coefficient (Wildman–Crippen LogP) is 5.43. The van der Waals surface area contributed by atoms with Crippen LogP contribution in [-0.4, -0.2) is 23.8 Å². The van der Waals surface area contributed by atoms with Gasteiger partial charge in [0.2, 0.25) is 0 Å². The maximum atomic E-state index is 12.2. The van der Waals surface area contributed by atoms with Crippen molar-refractivity contribution in [1.82, 2.24) is 5.32 Å². The van der Waals surface area contributed by atoms with E-state index in [0.717, 1.165) is 37.9 Å². The fourth-order valence-corrected chi connectivity index (χ4v) is 4.13. The van der Waals surface area contributed by atoms with Crippen LogP contribution in [0, 0.1) is 23.0 Å². The lowest BCUT2D eigenvalue weighted by Crippen LogP contribution is -2.27. The third kappa shape index (κ3) is 6.23. The molecule has 154 valence electrons. The van der Waals surface area contributed by atoms with Crippen LogP contribution in [0.4, 0.5) is 5.69 Å². The standard InChI is InChI=1S/C24H30N2O3/c1-18-4-8-22(9-5-18)24(27)3-2-16-25-17-19-6-10-20(11-7-19)21-12-14-23(15-13-21)26(28)29/h4-5,8-9,12-15,19-20,25H,2-3,6-7,10-11,16-17H2,1H3. The summed E-state index contributed by atoms with van der Waals surface area (Å²) in [6, 6.07) is 14.8. The van der Waals surface area contributed by atoms with E-state index in [1.54, 1.807) is 12.1 Å². The number of rotatable bonds is 9. The summed E-state index contributed by atoms with van der Waals surface area (Å²) < 4.78 is 0. The molecule has 2 aromatic rings. The van der Waals surface area contributed by atoms with Gasteiger partial charge in [0.15, 0.2) is 5.78 Å². The van der Waals surface area contributed by atoms with E-state index in [4.69, 9.17) is 0 Å². The van der Waals surface area contributed by atoms with E-state index < -0.39 is 0 Å². The third-order valence-electron chi connectivity index (χ3n) is 5.99. The molecule has 1 N–H and O–H groups in total. The van der Waals surface area contributed by atoms with Gasteiger partial charge in [0.25, 0.3) is 5.69 Å². The number of nitrogens with one attached hydrogen (secondary N) is 1. The number of Topliss-reactive ketones (excluding diaryl/α,β-unsaturated/α-hetero) is 1. The topological polar surface area (TPSA) is 72.2 Å². The Morgan fingerprint density at radius 3 is 2.31 bits per heavy atom. The highest BCUT2D eigenvalue weighted by atomic mass is 16.6. The average molecular weight is 395 g/mol. The lowest BCUT2D eigenvalue weighted by Gasteiger charge is -2.29.